The van der Waals surface area contributed by atoms with E-state index in [2.05, 4.69) is 37.2 Å². The van der Waals surface area contributed by atoms with Gasteiger partial charge in [0.05, 0.1) is 16.5 Å². The summed E-state index contributed by atoms with van der Waals surface area (Å²) in [7, 11) is 1.56. The number of nitrogens with zero attached hydrogens (tertiary/aromatic N) is 1. The number of carbonyl (C=O) groups is 2. The molecule has 0 aliphatic heterocycles. The summed E-state index contributed by atoms with van der Waals surface area (Å²) in [5, 5.41) is 4.04. The van der Waals surface area contributed by atoms with Crippen LogP contribution in [0.1, 0.15) is 21.8 Å². The van der Waals surface area contributed by atoms with Gasteiger partial charge in [0.1, 0.15) is 9.05 Å². The SMILES string of the molecule is CN(C(=O)c1cc(NC(=O)[C@@H]2[C@@H](c3cc(Cl)cc(Cl)c3)C2(Br)Br)ccc1Cl)c1ccc(F)cc1. The van der Waals surface area contributed by atoms with Crippen LogP contribution in [-0.4, -0.2) is 22.1 Å². The Kier molecular flexibility index (Phi) is 7.32. The van der Waals surface area contributed by atoms with Gasteiger partial charge in [0, 0.05) is 34.4 Å². The zero-order valence-electron chi connectivity index (χ0n) is 17.5. The second kappa shape index (κ2) is 9.78. The minimum absolute atomic E-state index is 0.198. The summed E-state index contributed by atoms with van der Waals surface area (Å²) in [5.74, 6) is -1.73. The van der Waals surface area contributed by atoms with Crippen LogP contribution in [0.3, 0.4) is 0 Å². The van der Waals surface area contributed by atoms with Gasteiger partial charge in [-0.2, -0.15) is 0 Å². The van der Waals surface area contributed by atoms with Crippen LogP contribution in [0.15, 0.2) is 60.7 Å². The number of hydrogen-bond acceptors (Lipinski definition) is 2. The van der Waals surface area contributed by atoms with Crippen LogP contribution in [0.5, 0.6) is 0 Å². The number of rotatable bonds is 5. The van der Waals surface area contributed by atoms with Crippen molar-refractivity contribution >= 4 is 89.9 Å². The fourth-order valence-electron chi connectivity index (χ4n) is 3.77. The first-order valence-corrected chi connectivity index (χ1v) is 12.7. The van der Waals surface area contributed by atoms with E-state index in [1.54, 1.807) is 37.4 Å². The second-order valence-corrected chi connectivity index (χ2v) is 12.8. The molecule has 2 amide bonds. The van der Waals surface area contributed by atoms with E-state index in [0.29, 0.717) is 21.4 Å². The third kappa shape index (κ3) is 5.14. The largest absolute Gasteiger partial charge is 0.326 e. The Morgan fingerprint density at radius 1 is 0.971 bits per heavy atom. The molecule has 34 heavy (non-hydrogen) atoms. The zero-order chi connectivity index (χ0) is 24.8. The van der Waals surface area contributed by atoms with Crippen LogP contribution in [-0.2, 0) is 4.79 Å². The molecule has 0 saturated heterocycles. The van der Waals surface area contributed by atoms with Gasteiger partial charge in [-0.1, -0.05) is 66.7 Å². The average Bonchev–Trinajstić information content (AvgIpc) is 3.36. The quantitative estimate of drug-likeness (QED) is 0.286. The number of benzene rings is 3. The molecule has 1 aliphatic carbocycles. The summed E-state index contributed by atoms with van der Waals surface area (Å²) in [6, 6.07) is 15.4. The Bertz CT molecular complexity index is 1270. The number of nitrogens with one attached hydrogen (secondary N) is 1. The molecule has 0 unspecified atom stereocenters. The van der Waals surface area contributed by atoms with Crippen LogP contribution in [0.4, 0.5) is 15.8 Å². The Morgan fingerprint density at radius 3 is 2.21 bits per heavy atom. The summed E-state index contributed by atoms with van der Waals surface area (Å²) >= 11 is 25.7. The molecule has 4 rings (SSSR count). The predicted octanol–water partition coefficient (Wildman–Crippen LogP) is 7.90. The number of amides is 2. The third-order valence-corrected chi connectivity index (χ3v) is 8.30. The van der Waals surface area contributed by atoms with E-state index in [1.807, 2.05) is 0 Å². The molecule has 1 saturated carbocycles. The van der Waals surface area contributed by atoms with Gasteiger partial charge < -0.3 is 10.2 Å². The predicted molar refractivity (Wildman–Crippen MR) is 142 cm³/mol. The maximum atomic E-state index is 13.2. The minimum Gasteiger partial charge on any atom is -0.326 e. The maximum Gasteiger partial charge on any atom is 0.259 e. The van der Waals surface area contributed by atoms with Crippen molar-refractivity contribution in [3.63, 3.8) is 0 Å². The molecule has 10 heteroatoms. The third-order valence-electron chi connectivity index (χ3n) is 5.56. The molecule has 0 bridgehead atoms. The molecular weight excluding hydrogens is 633 g/mol. The normalized spacial score (nSPS) is 18.3. The van der Waals surface area contributed by atoms with Crippen molar-refractivity contribution in [1.29, 1.82) is 0 Å². The van der Waals surface area contributed by atoms with E-state index in [9.17, 15) is 14.0 Å². The average molecular weight is 650 g/mol. The lowest BCUT2D eigenvalue weighted by molar-refractivity contribution is -0.117. The highest BCUT2D eigenvalue weighted by Crippen LogP contribution is 2.67. The number of hydrogen-bond donors (Lipinski definition) is 1. The van der Waals surface area contributed by atoms with Gasteiger partial charge in [-0.15, -0.1) is 0 Å². The summed E-state index contributed by atoms with van der Waals surface area (Å²) in [6.07, 6.45) is 0. The number of halogens is 6. The van der Waals surface area contributed by atoms with Crippen LogP contribution in [0.2, 0.25) is 15.1 Å². The van der Waals surface area contributed by atoms with Gasteiger partial charge in [-0.25, -0.2) is 4.39 Å². The van der Waals surface area contributed by atoms with Crippen molar-refractivity contribution in [2.75, 3.05) is 17.3 Å². The Hall–Kier alpha value is -1.64. The highest BCUT2D eigenvalue weighted by atomic mass is 79.9. The molecule has 176 valence electrons. The molecule has 3 aromatic carbocycles. The Labute approximate surface area is 227 Å². The van der Waals surface area contributed by atoms with Gasteiger partial charge in [-0.05, 0) is 66.2 Å². The van der Waals surface area contributed by atoms with E-state index >= 15 is 0 Å². The molecule has 1 fully saturated rings. The van der Waals surface area contributed by atoms with Gasteiger partial charge in [-0.3, -0.25) is 9.59 Å². The van der Waals surface area contributed by atoms with Gasteiger partial charge in [0.2, 0.25) is 5.91 Å². The summed E-state index contributed by atoms with van der Waals surface area (Å²) in [5.41, 5.74) is 1.93. The summed E-state index contributed by atoms with van der Waals surface area (Å²) < 4.78 is 12.6. The molecule has 0 heterocycles. The summed E-state index contributed by atoms with van der Waals surface area (Å²) in [4.78, 5) is 27.5. The van der Waals surface area contributed by atoms with Crippen molar-refractivity contribution in [2.45, 2.75) is 9.15 Å². The molecule has 2 atom stereocenters. The van der Waals surface area contributed by atoms with E-state index in [0.717, 1.165) is 5.56 Å². The lowest BCUT2D eigenvalue weighted by Gasteiger charge is -2.18. The van der Waals surface area contributed by atoms with Gasteiger partial charge >= 0.3 is 0 Å². The highest BCUT2D eigenvalue weighted by Gasteiger charge is 2.66. The Balaban J connectivity index is 1.53. The second-order valence-electron chi connectivity index (χ2n) is 7.86. The van der Waals surface area contributed by atoms with Gasteiger partial charge in [0.25, 0.3) is 5.91 Å². The van der Waals surface area contributed by atoms with E-state index in [4.69, 9.17) is 34.8 Å². The van der Waals surface area contributed by atoms with Crippen molar-refractivity contribution in [3.8, 4) is 0 Å². The first-order valence-electron chi connectivity index (χ1n) is 9.97. The maximum absolute atomic E-state index is 13.2. The summed E-state index contributed by atoms with van der Waals surface area (Å²) in [6.45, 7) is 0. The molecule has 1 aliphatic rings. The van der Waals surface area contributed by atoms with Crippen molar-refractivity contribution in [1.82, 2.24) is 0 Å². The molecule has 1 N–H and O–H groups in total. The topological polar surface area (TPSA) is 49.4 Å². The molecule has 4 nitrogen and oxygen atoms in total. The lowest BCUT2D eigenvalue weighted by atomic mass is 10.1. The van der Waals surface area contributed by atoms with Crippen LogP contribution < -0.4 is 10.2 Å². The van der Waals surface area contributed by atoms with Crippen molar-refractivity contribution in [3.05, 3.63) is 92.7 Å². The molecule has 0 aromatic heterocycles. The van der Waals surface area contributed by atoms with E-state index < -0.39 is 20.9 Å². The number of alkyl halides is 2. The van der Waals surface area contributed by atoms with Gasteiger partial charge in [0.15, 0.2) is 0 Å². The lowest BCUT2D eigenvalue weighted by Crippen LogP contribution is -2.26. The van der Waals surface area contributed by atoms with Crippen molar-refractivity contribution < 1.29 is 14.0 Å². The minimum atomic E-state index is -0.661. The van der Waals surface area contributed by atoms with Crippen LogP contribution >= 0.6 is 66.7 Å². The molecule has 3 aromatic rings. The highest BCUT2D eigenvalue weighted by molar-refractivity contribution is 9.25. The molecule has 0 spiro atoms. The fourth-order valence-corrected chi connectivity index (χ4v) is 6.25. The smallest absolute Gasteiger partial charge is 0.259 e. The standard InChI is InChI=1S/C24H16Br2Cl3FN2O2/c1-32(17-5-2-15(30)3-6-17)23(34)18-11-16(4-7-19(18)29)31-22(33)21-20(24(21,25)26)12-8-13(27)10-14(28)9-12/h2-11,20-21H,1H3,(H,31,33)/t20-,21+/m1/s1. The first kappa shape index (κ1) is 25.5. The number of anilines is 2. The van der Waals surface area contributed by atoms with E-state index in [1.165, 1.54) is 35.2 Å². The van der Waals surface area contributed by atoms with Crippen molar-refractivity contribution in [2.24, 2.45) is 5.92 Å². The Morgan fingerprint density at radius 2 is 1.59 bits per heavy atom. The zero-order valence-corrected chi connectivity index (χ0v) is 22.9. The van der Waals surface area contributed by atoms with E-state index in [-0.39, 0.29) is 22.4 Å². The molecule has 0 radical (unpaired) electrons. The van der Waals surface area contributed by atoms with Crippen LogP contribution in [0, 0.1) is 11.7 Å². The molecular formula is C24H16Br2Cl3FN2O2. The fraction of sp³-hybridized carbons (Fsp3) is 0.167. The monoisotopic (exact) mass is 646 g/mol. The number of carbonyl (C=O) groups excluding carboxylic acids is 2. The van der Waals surface area contributed by atoms with Crippen LogP contribution in [0.25, 0.3) is 0 Å². The first-order chi connectivity index (χ1) is 16.0.